The highest BCUT2D eigenvalue weighted by Gasteiger charge is 2.44. The highest BCUT2D eigenvalue weighted by Crippen LogP contribution is 2.28. The number of nitro benzene ring substituents is 1. The molecular formula is C18H20N6O5S. The number of likely N-dealkylation sites (tertiary alicyclic amines) is 2. The fourth-order valence-electron chi connectivity index (χ4n) is 3.61. The van der Waals surface area contributed by atoms with Crippen molar-refractivity contribution in [3.8, 4) is 0 Å². The number of nitrogens with zero attached hydrogens (tertiary/aromatic N) is 6. The van der Waals surface area contributed by atoms with E-state index in [-0.39, 0.29) is 29.5 Å². The zero-order chi connectivity index (χ0) is 21.3. The first-order valence-corrected chi connectivity index (χ1v) is 9.91. The lowest BCUT2D eigenvalue weighted by Crippen LogP contribution is -2.56. The number of hydrogen-bond acceptors (Lipinski definition) is 8. The molecule has 11 nitrogen and oxygen atoms in total. The van der Waals surface area contributed by atoms with Gasteiger partial charge in [-0.1, -0.05) is 0 Å². The van der Waals surface area contributed by atoms with E-state index in [1.165, 1.54) is 35.5 Å². The third kappa shape index (κ3) is 4.08. The van der Waals surface area contributed by atoms with Gasteiger partial charge in [0.05, 0.1) is 11.0 Å². The molecule has 2 saturated heterocycles. The Kier molecular flexibility index (Phi) is 5.57. The van der Waals surface area contributed by atoms with Gasteiger partial charge in [0.2, 0.25) is 5.91 Å². The second-order valence-electron chi connectivity index (χ2n) is 7.31. The number of nitro groups is 1. The Labute approximate surface area is 177 Å². The van der Waals surface area contributed by atoms with E-state index in [9.17, 15) is 19.7 Å². The predicted molar refractivity (Wildman–Crippen MR) is 107 cm³/mol. The van der Waals surface area contributed by atoms with Gasteiger partial charge in [-0.05, 0) is 24.1 Å². The second kappa shape index (κ2) is 8.30. The van der Waals surface area contributed by atoms with Crippen LogP contribution in [0, 0.1) is 10.1 Å². The summed E-state index contributed by atoms with van der Waals surface area (Å²) >= 11 is 4.44. The maximum Gasteiger partial charge on any atom is 0.410 e. The molecule has 0 radical (unpaired) electrons. The first-order valence-electron chi connectivity index (χ1n) is 9.40. The number of carbonyl (C=O) groups excluding carboxylic acids is 2. The van der Waals surface area contributed by atoms with Crippen LogP contribution >= 0.6 is 12.6 Å². The molecule has 0 N–H and O–H groups in total. The number of thiol groups is 1. The molecule has 2 aromatic rings. The molecule has 1 aromatic heterocycles. The van der Waals surface area contributed by atoms with Crippen molar-refractivity contribution in [2.75, 3.05) is 19.6 Å². The van der Waals surface area contributed by atoms with Crippen molar-refractivity contribution >= 4 is 30.3 Å². The van der Waals surface area contributed by atoms with E-state index >= 15 is 0 Å². The van der Waals surface area contributed by atoms with Gasteiger partial charge >= 0.3 is 6.09 Å². The summed E-state index contributed by atoms with van der Waals surface area (Å²) in [6.45, 7) is 1.31. The van der Waals surface area contributed by atoms with Gasteiger partial charge in [-0.2, -0.15) is 17.7 Å². The number of benzene rings is 1. The van der Waals surface area contributed by atoms with E-state index in [1.54, 1.807) is 15.9 Å². The number of non-ortho nitro benzene ring substituents is 1. The SMILES string of the molecule is O=C(C1CC(S)CN1C(=O)OCc1ccc([N+](=O)[O-])cc1)N1CC(n2cncn2)C1. The van der Waals surface area contributed by atoms with Crippen LogP contribution in [0.15, 0.2) is 36.9 Å². The molecule has 3 heterocycles. The predicted octanol–water partition coefficient (Wildman–Crippen LogP) is 1.28. The van der Waals surface area contributed by atoms with E-state index in [0.717, 1.165) is 0 Å². The maximum absolute atomic E-state index is 12.9. The molecule has 2 amide bonds. The second-order valence-corrected chi connectivity index (χ2v) is 8.04. The van der Waals surface area contributed by atoms with Crippen LogP contribution in [-0.4, -0.2) is 72.4 Å². The number of hydrogen-bond donors (Lipinski definition) is 1. The van der Waals surface area contributed by atoms with Gasteiger partial charge in [0.25, 0.3) is 5.69 Å². The largest absolute Gasteiger partial charge is 0.445 e. The summed E-state index contributed by atoms with van der Waals surface area (Å²) < 4.78 is 7.06. The molecule has 2 fully saturated rings. The summed E-state index contributed by atoms with van der Waals surface area (Å²) in [6, 6.07) is 5.24. The highest BCUT2D eigenvalue weighted by atomic mass is 32.1. The van der Waals surface area contributed by atoms with E-state index in [1.807, 2.05) is 0 Å². The van der Waals surface area contributed by atoms with Crippen LogP contribution in [-0.2, 0) is 16.1 Å². The molecule has 0 aliphatic carbocycles. The third-order valence-corrected chi connectivity index (χ3v) is 5.67. The van der Waals surface area contributed by atoms with E-state index in [4.69, 9.17) is 4.74 Å². The van der Waals surface area contributed by atoms with Crippen molar-refractivity contribution in [3.05, 3.63) is 52.6 Å². The lowest BCUT2D eigenvalue weighted by atomic mass is 10.1. The lowest BCUT2D eigenvalue weighted by molar-refractivity contribution is -0.384. The normalized spacial score (nSPS) is 21.4. The fourth-order valence-corrected chi connectivity index (χ4v) is 3.99. The zero-order valence-corrected chi connectivity index (χ0v) is 16.8. The molecule has 0 saturated carbocycles. The number of amides is 2. The molecule has 4 rings (SSSR count). The Balaban J connectivity index is 1.33. The van der Waals surface area contributed by atoms with Crippen LogP contribution in [0.3, 0.4) is 0 Å². The molecule has 2 aliphatic rings. The first kappa shape index (κ1) is 20.1. The van der Waals surface area contributed by atoms with Crippen molar-refractivity contribution in [3.63, 3.8) is 0 Å². The summed E-state index contributed by atoms with van der Waals surface area (Å²) in [5.41, 5.74) is 0.587. The molecular weight excluding hydrogens is 412 g/mol. The molecule has 12 heteroatoms. The summed E-state index contributed by atoms with van der Waals surface area (Å²) in [6.07, 6.45) is 2.93. The summed E-state index contributed by atoms with van der Waals surface area (Å²) in [5.74, 6) is -0.129. The number of carbonyl (C=O) groups is 2. The van der Waals surface area contributed by atoms with Crippen molar-refractivity contribution < 1.29 is 19.2 Å². The smallest absolute Gasteiger partial charge is 0.410 e. The van der Waals surface area contributed by atoms with Crippen molar-refractivity contribution in [2.45, 2.75) is 30.4 Å². The third-order valence-electron chi connectivity index (χ3n) is 5.29. The van der Waals surface area contributed by atoms with E-state index < -0.39 is 17.1 Å². The Hall–Kier alpha value is -3.15. The van der Waals surface area contributed by atoms with E-state index in [2.05, 4.69) is 22.7 Å². The monoisotopic (exact) mass is 432 g/mol. The summed E-state index contributed by atoms with van der Waals surface area (Å²) in [5, 5.41) is 14.7. The van der Waals surface area contributed by atoms with Gasteiger partial charge in [-0.3, -0.25) is 19.8 Å². The number of ether oxygens (including phenoxy) is 1. The van der Waals surface area contributed by atoms with Gasteiger partial charge in [0.1, 0.15) is 25.3 Å². The van der Waals surface area contributed by atoms with Crippen LogP contribution < -0.4 is 0 Å². The van der Waals surface area contributed by atoms with Gasteiger partial charge in [0, 0.05) is 37.0 Å². The molecule has 2 aliphatic heterocycles. The Bertz CT molecular complexity index is 931. The molecule has 0 spiro atoms. The molecule has 0 bridgehead atoms. The van der Waals surface area contributed by atoms with Gasteiger partial charge in [-0.15, -0.1) is 0 Å². The minimum atomic E-state index is -0.617. The molecule has 2 unspecified atom stereocenters. The zero-order valence-electron chi connectivity index (χ0n) is 15.9. The maximum atomic E-state index is 12.9. The number of rotatable bonds is 5. The van der Waals surface area contributed by atoms with Gasteiger partial charge in [-0.25, -0.2) is 14.5 Å². The minimum Gasteiger partial charge on any atom is -0.445 e. The summed E-state index contributed by atoms with van der Waals surface area (Å²) in [4.78, 5) is 42.8. The molecule has 1 aromatic carbocycles. The standard InChI is InChI=1S/C18H20N6O5S/c25-17(21-6-14(7-21)23-11-19-10-20-23)16-5-15(30)8-22(16)18(26)29-9-12-1-3-13(4-2-12)24(27)28/h1-4,10-11,14-16,30H,5-9H2. The van der Waals surface area contributed by atoms with Gasteiger partial charge in [0.15, 0.2) is 0 Å². The van der Waals surface area contributed by atoms with Crippen LogP contribution in [0.2, 0.25) is 0 Å². The number of aromatic nitrogens is 3. The Morgan fingerprint density at radius 3 is 2.60 bits per heavy atom. The topological polar surface area (TPSA) is 124 Å². The fraction of sp³-hybridized carbons (Fsp3) is 0.444. The Morgan fingerprint density at radius 1 is 1.23 bits per heavy atom. The quantitative estimate of drug-likeness (QED) is 0.429. The lowest BCUT2D eigenvalue weighted by Gasteiger charge is -2.41. The van der Waals surface area contributed by atoms with Gasteiger partial charge < -0.3 is 9.64 Å². The van der Waals surface area contributed by atoms with Crippen molar-refractivity contribution in [2.24, 2.45) is 0 Å². The highest BCUT2D eigenvalue weighted by molar-refractivity contribution is 7.81. The van der Waals surface area contributed by atoms with Crippen LogP contribution in [0.4, 0.5) is 10.5 Å². The average molecular weight is 432 g/mol. The molecule has 158 valence electrons. The average Bonchev–Trinajstić information content (AvgIpc) is 3.35. The van der Waals surface area contributed by atoms with E-state index in [0.29, 0.717) is 31.6 Å². The van der Waals surface area contributed by atoms with Crippen LogP contribution in [0.25, 0.3) is 0 Å². The van der Waals surface area contributed by atoms with Crippen LogP contribution in [0.5, 0.6) is 0 Å². The molecule has 2 atom stereocenters. The van der Waals surface area contributed by atoms with Crippen LogP contribution in [0.1, 0.15) is 18.0 Å². The van der Waals surface area contributed by atoms with Crippen molar-refractivity contribution in [1.82, 2.24) is 24.6 Å². The minimum absolute atomic E-state index is 0.0352. The first-order chi connectivity index (χ1) is 14.4. The Morgan fingerprint density at radius 2 is 1.97 bits per heavy atom. The summed E-state index contributed by atoms with van der Waals surface area (Å²) in [7, 11) is 0. The molecule has 30 heavy (non-hydrogen) atoms. The van der Waals surface area contributed by atoms with Crippen molar-refractivity contribution in [1.29, 1.82) is 0 Å².